The first-order valence-corrected chi connectivity index (χ1v) is 7.22. The smallest absolute Gasteiger partial charge is 0.267 e. The summed E-state index contributed by atoms with van der Waals surface area (Å²) in [6.07, 6.45) is 1.45. The van der Waals surface area contributed by atoms with E-state index in [4.69, 9.17) is 46.4 Å². The maximum Gasteiger partial charge on any atom is 0.272 e. The van der Waals surface area contributed by atoms with Crippen molar-refractivity contribution in [2.75, 3.05) is 0 Å². The zero-order chi connectivity index (χ0) is 15.4. The molecule has 0 aliphatic heterocycles. The van der Waals surface area contributed by atoms with Crippen molar-refractivity contribution in [3.63, 3.8) is 0 Å². The Balaban J connectivity index is 2.06. The molecule has 0 atom stereocenters. The molecule has 0 unspecified atom stereocenters. The summed E-state index contributed by atoms with van der Waals surface area (Å²) in [7, 11) is 0. The number of nitrogens with zero attached hydrogens (tertiary/aromatic N) is 1. The van der Waals surface area contributed by atoms with Crippen LogP contribution in [0.2, 0.25) is 20.1 Å². The van der Waals surface area contributed by atoms with E-state index in [2.05, 4.69) is 10.5 Å². The zero-order valence-electron chi connectivity index (χ0n) is 10.4. The molecule has 0 aromatic heterocycles. The van der Waals surface area contributed by atoms with Gasteiger partial charge in [-0.05, 0) is 35.9 Å². The maximum absolute atomic E-state index is 11.9. The van der Waals surface area contributed by atoms with Gasteiger partial charge >= 0.3 is 0 Å². The van der Waals surface area contributed by atoms with Crippen molar-refractivity contribution in [1.82, 2.24) is 5.43 Å². The highest BCUT2D eigenvalue weighted by molar-refractivity contribution is 6.42. The van der Waals surface area contributed by atoms with Crippen LogP contribution in [-0.4, -0.2) is 12.1 Å². The van der Waals surface area contributed by atoms with Gasteiger partial charge < -0.3 is 0 Å². The molecule has 3 nitrogen and oxygen atoms in total. The first-order chi connectivity index (χ1) is 9.97. The van der Waals surface area contributed by atoms with Crippen LogP contribution in [0.5, 0.6) is 0 Å². The molecule has 7 heteroatoms. The van der Waals surface area contributed by atoms with Crippen molar-refractivity contribution >= 4 is 58.5 Å². The van der Waals surface area contributed by atoms with Gasteiger partial charge in [-0.15, -0.1) is 0 Å². The highest BCUT2D eigenvalue weighted by Crippen LogP contribution is 2.22. The number of halogens is 4. The topological polar surface area (TPSA) is 41.5 Å². The van der Waals surface area contributed by atoms with Crippen LogP contribution < -0.4 is 5.43 Å². The third-order valence-corrected chi connectivity index (χ3v) is 3.79. The molecule has 1 N–H and O–H groups in total. The molecule has 2 rings (SSSR count). The van der Waals surface area contributed by atoms with Crippen molar-refractivity contribution in [2.45, 2.75) is 0 Å². The van der Waals surface area contributed by atoms with Gasteiger partial charge in [0.25, 0.3) is 5.91 Å². The van der Waals surface area contributed by atoms with Gasteiger partial charge in [0, 0.05) is 5.02 Å². The van der Waals surface area contributed by atoms with Crippen LogP contribution in [-0.2, 0) is 0 Å². The lowest BCUT2D eigenvalue weighted by Gasteiger charge is -2.03. The van der Waals surface area contributed by atoms with Crippen molar-refractivity contribution in [3.05, 3.63) is 67.6 Å². The fourth-order valence-electron chi connectivity index (χ4n) is 1.49. The fourth-order valence-corrected chi connectivity index (χ4v) is 2.29. The van der Waals surface area contributed by atoms with E-state index in [0.29, 0.717) is 20.6 Å². The molecule has 0 saturated heterocycles. The predicted molar refractivity (Wildman–Crippen MR) is 88.0 cm³/mol. The van der Waals surface area contributed by atoms with Gasteiger partial charge in [0.2, 0.25) is 0 Å². The number of amides is 1. The summed E-state index contributed by atoms with van der Waals surface area (Å²) in [5, 5.41) is 5.40. The van der Waals surface area contributed by atoms with E-state index in [-0.39, 0.29) is 10.6 Å². The predicted octanol–water partition coefficient (Wildman–Crippen LogP) is 5.06. The Labute approximate surface area is 141 Å². The summed E-state index contributed by atoms with van der Waals surface area (Å²) in [6, 6.07) is 9.58. The molecular formula is C14H8Cl4N2O. The highest BCUT2D eigenvalue weighted by Gasteiger charge is 2.09. The minimum atomic E-state index is -0.437. The summed E-state index contributed by atoms with van der Waals surface area (Å²) >= 11 is 23.4. The average molecular weight is 362 g/mol. The lowest BCUT2D eigenvalue weighted by molar-refractivity contribution is 0.0955. The molecule has 0 bridgehead atoms. The minimum absolute atomic E-state index is 0.254. The molecule has 0 radical (unpaired) electrons. The number of carbonyl (C=O) groups is 1. The van der Waals surface area contributed by atoms with Crippen LogP contribution in [0.4, 0.5) is 0 Å². The van der Waals surface area contributed by atoms with Gasteiger partial charge in [-0.1, -0.05) is 52.5 Å². The highest BCUT2D eigenvalue weighted by atomic mass is 35.5. The molecule has 108 valence electrons. The van der Waals surface area contributed by atoms with E-state index in [1.54, 1.807) is 24.3 Å². The Kier molecular flexibility index (Phi) is 5.48. The molecule has 0 aliphatic carbocycles. The second-order valence-electron chi connectivity index (χ2n) is 4.00. The number of carbonyl (C=O) groups excluding carboxylic acids is 1. The van der Waals surface area contributed by atoms with E-state index in [0.717, 1.165) is 0 Å². The number of nitrogens with one attached hydrogen (secondary N) is 1. The van der Waals surface area contributed by atoms with E-state index < -0.39 is 5.91 Å². The molecule has 0 spiro atoms. The normalized spacial score (nSPS) is 10.9. The van der Waals surface area contributed by atoms with Crippen LogP contribution in [0.1, 0.15) is 15.9 Å². The molecular weight excluding hydrogens is 354 g/mol. The lowest BCUT2D eigenvalue weighted by Crippen LogP contribution is -2.18. The maximum atomic E-state index is 11.9. The fraction of sp³-hybridized carbons (Fsp3) is 0. The van der Waals surface area contributed by atoms with Gasteiger partial charge in [-0.25, -0.2) is 5.43 Å². The van der Waals surface area contributed by atoms with Crippen molar-refractivity contribution in [2.24, 2.45) is 5.10 Å². The molecule has 0 aliphatic rings. The Morgan fingerprint density at radius 3 is 2.38 bits per heavy atom. The zero-order valence-corrected chi connectivity index (χ0v) is 13.4. The van der Waals surface area contributed by atoms with Gasteiger partial charge in [-0.2, -0.15) is 5.10 Å². The SMILES string of the molecule is O=C(N/N=C/c1ccc(Cl)c(Cl)c1)c1ccc(Cl)cc1Cl. The summed E-state index contributed by atoms with van der Waals surface area (Å²) in [5.74, 6) is -0.437. The Morgan fingerprint density at radius 2 is 1.71 bits per heavy atom. The third kappa shape index (κ3) is 4.35. The third-order valence-electron chi connectivity index (χ3n) is 2.50. The Bertz CT molecular complexity index is 716. The van der Waals surface area contributed by atoms with Gasteiger partial charge in [0.15, 0.2) is 0 Å². The average Bonchev–Trinajstić information content (AvgIpc) is 2.42. The van der Waals surface area contributed by atoms with Crippen molar-refractivity contribution in [1.29, 1.82) is 0 Å². The van der Waals surface area contributed by atoms with Gasteiger partial charge in [-0.3, -0.25) is 4.79 Å². The van der Waals surface area contributed by atoms with Crippen LogP contribution in [0.15, 0.2) is 41.5 Å². The summed E-state index contributed by atoms with van der Waals surface area (Å²) in [4.78, 5) is 11.9. The number of hydrogen-bond acceptors (Lipinski definition) is 2. The number of rotatable bonds is 3. The van der Waals surface area contributed by atoms with Crippen LogP contribution in [0.25, 0.3) is 0 Å². The van der Waals surface area contributed by atoms with Gasteiger partial charge in [0.05, 0.1) is 26.8 Å². The molecule has 1 amide bonds. The number of hydrazone groups is 1. The van der Waals surface area contributed by atoms with E-state index in [9.17, 15) is 4.79 Å². The second kappa shape index (κ2) is 7.14. The molecule has 2 aromatic rings. The summed E-state index contributed by atoms with van der Waals surface area (Å²) in [5.41, 5.74) is 3.35. The largest absolute Gasteiger partial charge is 0.272 e. The standard InChI is InChI=1S/C14H8Cl4N2O/c15-9-2-3-10(12(17)6-9)14(21)20-19-7-8-1-4-11(16)13(18)5-8/h1-7H,(H,20,21)/b19-7+. The van der Waals surface area contributed by atoms with Gasteiger partial charge in [0.1, 0.15) is 0 Å². The van der Waals surface area contributed by atoms with E-state index in [1.165, 1.54) is 18.3 Å². The number of benzene rings is 2. The Morgan fingerprint density at radius 1 is 0.952 bits per heavy atom. The lowest BCUT2D eigenvalue weighted by atomic mass is 10.2. The molecule has 0 heterocycles. The van der Waals surface area contributed by atoms with Crippen LogP contribution in [0, 0.1) is 0 Å². The second-order valence-corrected chi connectivity index (χ2v) is 5.65. The molecule has 2 aromatic carbocycles. The summed E-state index contributed by atoms with van der Waals surface area (Å²) < 4.78 is 0. The molecule has 0 fully saturated rings. The van der Waals surface area contributed by atoms with Crippen molar-refractivity contribution in [3.8, 4) is 0 Å². The Hall–Kier alpha value is -1.26. The van der Waals surface area contributed by atoms with Crippen LogP contribution in [0.3, 0.4) is 0 Å². The summed E-state index contributed by atoms with van der Waals surface area (Å²) in [6.45, 7) is 0. The minimum Gasteiger partial charge on any atom is -0.267 e. The number of hydrogen-bond donors (Lipinski definition) is 1. The molecule has 0 saturated carbocycles. The quantitative estimate of drug-likeness (QED) is 0.602. The monoisotopic (exact) mass is 360 g/mol. The van der Waals surface area contributed by atoms with E-state index in [1.807, 2.05) is 0 Å². The molecule has 21 heavy (non-hydrogen) atoms. The first kappa shape index (κ1) is 16.1. The van der Waals surface area contributed by atoms with Crippen molar-refractivity contribution < 1.29 is 4.79 Å². The van der Waals surface area contributed by atoms with Crippen LogP contribution >= 0.6 is 46.4 Å². The van der Waals surface area contributed by atoms with E-state index >= 15 is 0 Å². The first-order valence-electron chi connectivity index (χ1n) is 5.71.